The number of benzene rings is 2. The zero-order valence-corrected chi connectivity index (χ0v) is 17.8. The first-order chi connectivity index (χ1) is 14.0. The van der Waals surface area contributed by atoms with Crippen molar-refractivity contribution in [3.63, 3.8) is 0 Å². The van der Waals surface area contributed by atoms with E-state index in [1.54, 1.807) is 24.3 Å². The topological polar surface area (TPSA) is 40.5 Å². The van der Waals surface area contributed by atoms with Gasteiger partial charge in [-0.2, -0.15) is 0 Å². The Kier molecular flexibility index (Phi) is 7.91. The molecule has 0 aliphatic heterocycles. The third-order valence-electron chi connectivity index (χ3n) is 6.63. The van der Waals surface area contributed by atoms with Crippen molar-refractivity contribution in [1.82, 2.24) is 0 Å². The minimum atomic E-state index is -1.50. The summed E-state index contributed by atoms with van der Waals surface area (Å²) < 4.78 is 15.0. The molecule has 2 nitrogen and oxygen atoms in total. The van der Waals surface area contributed by atoms with Gasteiger partial charge in [0.15, 0.2) is 0 Å². The fourth-order valence-corrected chi connectivity index (χ4v) is 4.80. The van der Waals surface area contributed by atoms with E-state index in [2.05, 4.69) is 13.0 Å². The van der Waals surface area contributed by atoms with Gasteiger partial charge in [0.05, 0.1) is 0 Å². The van der Waals surface area contributed by atoms with Crippen molar-refractivity contribution in [2.75, 3.05) is 0 Å². The molecule has 4 heteroatoms. The van der Waals surface area contributed by atoms with Gasteiger partial charge in [0.2, 0.25) is 0 Å². The van der Waals surface area contributed by atoms with Crippen molar-refractivity contribution in [2.45, 2.75) is 77.6 Å². The second-order valence-corrected chi connectivity index (χ2v) is 8.60. The molecule has 0 aromatic heterocycles. The van der Waals surface area contributed by atoms with Crippen LogP contribution < -0.4 is 5.46 Å². The molecule has 0 amide bonds. The molecule has 0 radical (unpaired) electrons. The Labute approximate surface area is 175 Å². The summed E-state index contributed by atoms with van der Waals surface area (Å²) in [5, 5.41) is 18.8. The zero-order valence-electron chi connectivity index (χ0n) is 17.8. The molecule has 156 valence electrons. The van der Waals surface area contributed by atoms with E-state index < -0.39 is 7.12 Å². The lowest BCUT2D eigenvalue weighted by molar-refractivity contribution is 0.302. The van der Waals surface area contributed by atoms with Gasteiger partial charge in [-0.1, -0.05) is 69.9 Å². The Morgan fingerprint density at radius 2 is 1.66 bits per heavy atom. The van der Waals surface area contributed by atoms with Crippen molar-refractivity contribution in [3.05, 3.63) is 53.3 Å². The molecule has 1 aliphatic carbocycles. The molecule has 0 spiro atoms. The smallest absolute Gasteiger partial charge is 0.423 e. The molecule has 0 unspecified atom stereocenters. The first kappa shape index (κ1) is 22.0. The standard InChI is InChI=1S/C25H34BFO2/c1-3-5-6-7-18-8-10-20(11-9-18)21-12-14-24(25(27)17-21)23-15-13-22(26(28)29)16-19(23)4-2/h12-18,20,28-29H,3-11H2,1-2H3. The van der Waals surface area contributed by atoms with Gasteiger partial charge in [0, 0.05) is 5.56 Å². The largest absolute Gasteiger partial charge is 0.488 e. The average molecular weight is 396 g/mol. The van der Waals surface area contributed by atoms with Crippen LogP contribution in [-0.2, 0) is 6.42 Å². The molecule has 2 N–H and O–H groups in total. The predicted octanol–water partition coefficient (Wildman–Crippen LogP) is 5.59. The molecular formula is C25H34BFO2. The van der Waals surface area contributed by atoms with Gasteiger partial charge in [0.1, 0.15) is 5.82 Å². The van der Waals surface area contributed by atoms with Crippen LogP contribution >= 0.6 is 0 Å². The fourth-order valence-electron chi connectivity index (χ4n) is 4.80. The summed E-state index contributed by atoms with van der Waals surface area (Å²) in [6.45, 7) is 4.25. The van der Waals surface area contributed by atoms with E-state index in [0.717, 1.165) is 22.6 Å². The third kappa shape index (κ3) is 5.49. The number of unbranched alkanes of at least 4 members (excludes halogenated alkanes) is 2. The Hall–Kier alpha value is -1.65. The minimum absolute atomic E-state index is 0.181. The van der Waals surface area contributed by atoms with Crippen molar-refractivity contribution >= 4 is 12.6 Å². The lowest BCUT2D eigenvalue weighted by Crippen LogP contribution is -2.30. The van der Waals surface area contributed by atoms with Crippen molar-refractivity contribution < 1.29 is 14.4 Å². The predicted molar refractivity (Wildman–Crippen MR) is 120 cm³/mol. The fraction of sp³-hybridized carbons (Fsp3) is 0.520. The van der Waals surface area contributed by atoms with E-state index in [0.29, 0.717) is 23.4 Å². The molecule has 0 saturated heterocycles. The molecule has 2 aromatic rings. The van der Waals surface area contributed by atoms with Gasteiger partial charge in [-0.15, -0.1) is 0 Å². The second-order valence-electron chi connectivity index (χ2n) is 8.60. The van der Waals surface area contributed by atoms with Crippen molar-refractivity contribution in [3.8, 4) is 11.1 Å². The summed E-state index contributed by atoms with van der Waals surface area (Å²) in [7, 11) is -1.50. The molecule has 2 aromatic carbocycles. The van der Waals surface area contributed by atoms with Gasteiger partial charge in [-0.3, -0.25) is 0 Å². The first-order valence-corrected chi connectivity index (χ1v) is 11.3. The number of hydrogen-bond donors (Lipinski definition) is 2. The van der Waals surface area contributed by atoms with E-state index in [1.165, 1.54) is 51.4 Å². The van der Waals surface area contributed by atoms with Crippen LogP contribution in [0.25, 0.3) is 11.1 Å². The molecular weight excluding hydrogens is 362 g/mol. The normalized spacial score (nSPS) is 19.3. The van der Waals surface area contributed by atoms with Crippen molar-refractivity contribution in [1.29, 1.82) is 0 Å². The van der Waals surface area contributed by atoms with Gasteiger partial charge >= 0.3 is 7.12 Å². The number of halogens is 1. The van der Waals surface area contributed by atoms with E-state index >= 15 is 4.39 Å². The Morgan fingerprint density at radius 1 is 0.931 bits per heavy atom. The van der Waals surface area contributed by atoms with Crippen molar-refractivity contribution in [2.24, 2.45) is 5.92 Å². The van der Waals surface area contributed by atoms with Gasteiger partial charge < -0.3 is 10.0 Å². The highest BCUT2D eigenvalue weighted by molar-refractivity contribution is 6.58. The summed E-state index contributed by atoms with van der Waals surface area (Å²) in [6, 6.07) is 10.9. The van der Waals surface area contributed by atoms with Crippen LogP contribution in [0, 0.1) is 11.7 Å². The summed E-state index contributed by atoms with van der Waals surface area (Å²) in [4.78, 5) is 0. The summed E-state index contributed by atoms with van der Waals surface area (Å²) in [5.41, 5.74) is 3.92. The monoisotopic (exact) mass is 396 g/mol. The van der Waals surface area contributed by atoms with E-state index in [1.807, 2.05) is 13.0 Å². The van der Waals surface area contributed by atoms with Gasteiger partial charge in [0.25, 0.3) is 0 Å². The summed E-state index contributed by atoms with van der Waals surface area (Å²) in [6.07, 6.45) is 10.9. The molecule has 1 saturated carbocycles. The zero-order chi connectivity index (χ0) is 20.8. The second kappa shape index (κ2) is 10.4. The van der Waals surface area contributed by atoms with E-state index in [-0.39, 0.29) is 5.82 Å². The highest BCUT2D eigenvalue weighted by Crippen LogP contribution is 2.39. The molecule has 0 heterocycles. The SMILES string of the molecule is CCCCCC1CCC(c2ccc(-c3ccc(B(O)O)cc3CC)c(F)c2)CC1. The molecule has 0 atom stereocenters. The minimum Gasteiger partial charge on any atom is -0.423 e. The van der Waals surface area contributed by atoms with Crippen LogP contribution in [0.4, 0.5) is 4.39 Å². The highest BCUT2D eigenvalue weighted by atomic mass is 19.1. The molecule has 0 bridgehead atoms. The van der Waals surface area contributed by atoms with Crippen LogP contribution in [0.15, 0.2) is 36.4 Å². The summed E-state index contributed by atoms with van der Waals surface area (Å²) >= 11 is 0. The van der Waals surface area contributed by atoms with E-state index in [4.69, 9.17) is 0 Å². The molecule has 3 rings (SSSR count). The van der Waals surface area contributed by atoms with Gasteiger partial charge in [-0.25, -0.2) is 4.39 Å². The Balaban J connectivity index is 1.71. The maximum atomic E-state index is 15.0. The van der Waals surface area contributed by atoms with E-state index in [9.17, 15) is 10.0 Å². The number of hydrogen-bond acceptors (Lipinski definition) is 2. The lowest BCUT2D eigenvalue weighted by atomic mass is 9.76. The quantitative estimate of drug-likeness (QED) is 0.451. The highest BCUT2D eigenvalue weighted by Gasteiger charge is 2.23. The van der Waals surface area contributed by atoms with Crippen LogP contribution in [0.1, 0.15) is 82.3 Å². The van der Waals surface area contributed by atoms with Crippen LogP contribution in [-0.4, -0.2) is 17.2 Å². The summed E-state index contributed by atoms with van der Waals surface area (Å²) in [5.74, 6) is 1.15. The Bertz CT molecular complexity index is 797. The molecule has 1 fully saturated rings. The van der Waals surface area contributed by atoms with Gasteiger partial charge in [-0.05, 0) is 72.2 Å². The molecule has 29 heavy (non-hydrogen) atoms. The first-order valence-electron chi connectivity index (χ1n) is 11.3. The van der Waals surface area contributed by atoms with Crippen LogP contribution in [0.2, 0.25) is 0 Å². The maximum absolute atomic E-state index is 15.0. The van der Waals surface area contributed by atoms with Crippen LogP contribution in [0.3, 0.4) is 0 Å². The third-order valence-corrected chi connectivity index (χ3v) is 6.63. The van der Waals surface area contributed by atoms with Crippen LogP contribution in [0.5, 0.6) is 0 Å². The maximum Gasteiger partial charge on any atom is 0.488 e. The molecule has 1 aliphatic rings. The Morgan fingerprint density at radius 3 is 2.28 bits per heavy atom. The number of rotatable bonds is 8. The lowest BCUT2D eigenvalue weighted by Gasteiger charge is -2.29. The number of aryl methyl sites for hydroxylation is 1. The average Bonchev–Trinajstić information content (AvgIpc) is 2.74.